The Morgan fingerprint density at radius 3 is 2.03 bits per heavy atom. The number of nitrogens with zero attached hydrogens (tertiary/aromatic N) is 2. The fourth-order valence-corrected chi connectivity index (χ4v) is 6.04. The average Bonchev–Trinajstić information content (AvgIpc) is 3.14. The SMILES string of the molecule is Cc1ccc(S(=O)(=O)N2CC(=O)c3ccn(S(=O)(=O)c4ccccc4)c3C2)cc1. The van der Waals surface area contributed by atoms with Crippen LogP contribution in [0.3, 0.4) is 0 Å². The van der Waals surface area contributed by atoms with Crippen molar-refractivity contribution in [3.8, 4) is 0 Å². The van der Waals surface area contributed by atoms with E-state index in [2.05, 4.69) is 0 Å². The molecular weight excluding hydrogens is 412 g/mol. The molecule has 9 heteroatoms. The van der Waals surface area contributed by atoms with Crippen molar-refractivity contribution in [1.82, 2.24) is 8.28 Å². The summed E-state index contributed by atoms with van der Waals surface area (Å²) in [6.45, 7) is 1.30. The number of sulfonamides is 1. The molecule has 0 amide bonds. The summed E-state index contributed by atoms with van der Waals surface area (Å²) in [5.41, 5.74) is 1.27. The van der Waals surface area contributed by atoms with Gasteiger partial charge in [-0.05, 0) is 37.3 Å². The summed E-state index contributed by atoms with van der Waals surface area (Å²) in [6, 6.07) is 15.5. The lowest BCUT2D eigenvalue weighted by atomic mass is 10.1. The largest absolute Gasteiger partial charge is 0.293 e. The predicted molar refractivity (Wildman–Crippen MR) is 107 cm³/mol. The molecule has 0 fully saturated rings. The van der Waals surface area contributed by atoms with E-state index in [1.165, 1.54) is 36.5 Å². The highest BCUT2D eigenvalue weighted by Crippen LogP contribution is 2.28. The Morgan fingerprint density at radius 1 is 0.759 bits per heavy atom. The van der Waals surface area contributed by atoms with Gasteiger partial charge in [-0.1, -0.05) is 35.9 Å². The maximum absolute atomic E-state index is 13.0. The smallest absolute Gasteiger partial charge is 0.267 e. The van der Waals surface area contributed by atoms with Crippen LogP contribution in [-0.2, 0) is 26.6 Å². The zero-order chi connectivity index (χ0) is 20.8. The lowest BCUT2D eigenvalue weighted by molar-refractivity contribution is 0.0949. The van der Waals surface area contributed by atoms with Crippen LogP contribution in [0.5, 0.6) is 0 Å². The van der Waals surface area contributed by atoms with Gasteiger partial charge in [-0.25, -0.2) is 20.8 Å². The number of hydrogen-bond acceptors (Lipinski definition) is 5. The quantitative estimate of drug-likeness (QED) is 0.634. The Kier molecular flexibility index (Phi) is 4.68. The minimum absolute atomic E-state index is 0.0587. The zero-order valence-corrected chi connectivity index (χ0v) is 17.2. The van der Waals surface area contributed by atoms with Crippen LogP contribution in [0.4, 0.5) is 0 Å². The third kappa shape index (κ3) is 3.31. The maximum atomic E-state index is 13.0. The van der Waals surface area contributed by atoms with Crippen molar-refractivity contribution in [3.63, 3.8) is 0 Å². The van der Waals surface area contributed by atoms with Gasteiger partial charge in [-0.3, -0.25) is 4.79 Å². The lowest BCUT2D eigenvalue weighted by Gasteiger charge is -2.26. The Bertz CT molecular complexity index is 1290. The molecule has 1 aliphatic heterocycles. The second-order valence-electron chi connectivity index (χ2n) is 6.80. The fourth-order valence-electron chi connectivity index (χ4n) is 3.28. The molecule has 4 rings (SSSR count). The van der Waals surface area contributed by atoms with Crippen molar-refractivity contribution in [3.05, 3.63) is 83.7 Å². The van der Waals surface area contributed by atoms with Crippen LogP contribution in [0.25, 0.3) is 0 Å². The van der Waals surface area contributed by atoms with Crippen LogP contribution in [0, 0.1) is 6.92 Å². The number of Topliss-reactive ketones (excluding diaryl/α,β-unsaturated/α-hetero) is 1. The highest BCUT2D eigenvalue weighted by atomic mass is 32.2. The number of fused-ring (bicyclic) bond motifs is 1. The first-order chi connectivity index (χ1) is 13.7. The van der Waals surface area contributed by atoms with E-state index in [0.717, 1.165) is 13.8 Å². The number of carbonyl (C=O) groups is 1. The summed E-state index contributed by atoms with van der Waals surface area (Å²) in [5.74, 6) is -0.441. The molecule has 1 aliphatic rings. The molecule has 7 nitrogen and oxygen atoms in total. The van der Waals surface area contributed by atoms with Gasteiger partial charge in [0.1, 0.15) is 0 Å². The summed E-state index contributed by atoms with van der Waals surface area (Å²) in [5, 5.41) is 0. The first-order valence-electron chi connectivity index (χ1n) is 8.82. The van der Waals surface area contributed by atoms with Crippen LogP contribution in [0.2, 0.25) is 0 Å². The Hall–Kier alpha value is -2.75. The third-order valence-electron chi connectivity index (χ3n) is 4.86. The summed E-state index contributed by atoms with van der Waals surface area (Å²) in [4.78, 5) is 12.7. The number of aromatic nitrogens is 1. The molecule has 0 N–H and O–H groups in total. The minimum atomic E-state index is -3.96. The second-order valence-corrected chi connectivity index (χ2v) is 10.6. The van der Waals surface area contributed by atoms with Crippen molar-refractivity contribution in [2.45, 2.75) is 23.3 Å². The second kappa shape index (κ2) is 6.94. The molecule has 0 atom stereocenters. The van der Waals surface area contributed by atoms with E-state index in [9.17, 15) is 21.6 Å². The van der Waals surface area contributed by atoms with E-state index in [0.29, 0.717) is 0 Å². The Balaban J connectivity index is 1.77. The van der Waals surface area contributed by atoms with Crippen molar-refractivity contribution in [2.24, 2.45) is 0 Å². The average molecular weight is 431 g/mol. The lowest BCUT2D eigenvalue weighted by Crippen LogP contribution is -2.40. The summed E-state index contributed by atoms with van der Waals surface area (Å²) < 4.78 is 54.1. The molecule has 0 spiro atoms. The van der Waals surface area contributed by atoms with Crippen LogP contribution < -0.4 is 0 Å². The molecule has 0 aliphatic carbocycles. The Labute approximate surface area is 169 Å². The molecular formula is C20H18N2O5S2. The van der Waals surface area contributed by atoms with Crippen molar-refractivity contribution in [1.29, 1.82) is 0 Å². The van der Waals surface area contributed by atoms with Crippen LogP contribution in [0.15, 0.2) is 76.7 Å². The topological polar surface area (TPSA) is 93.5 Å². The number of hydrogen-bond donors (Lipinski definition) is 0. The van der Waals surface area contributed by atoms with Crippen LogP contribution in [-0.4, -0.2) is 37.4 Å². The molecule has 0 saturated heterocycles. The molecule has 0 saturated carbocycles. The van der Waals surface area contributed by atoms with Gasteiger partial charge in [0.25, 0.3) is 10.0 Å². The number of rotatable bonds is 4. The van der Waals surface area contributed by atoms with E-state index in [-0.39, 0.29) is 34.1 Å². The van der Waals surface area contributed by atoms with Gasteiger partial charge >= 0.3 is 0 Å². The Morgan fingerprint density at radius 2 is 1.38 bits per heavy atom. The molecule has 0 bridgehead atoms. The van der Waals surface area contributed by atoms with Gasteiger partial charge in [0.2, 0.25) is 10.0 Å². The molecule has 1 aromatic heterocycles. The van der Waals surface area contributed by atoms with Crippen LogP contribution in [0.1, 0.15) is 21.6 Å². The van der Waals surface area contributed by atoms with E-state index < -0.39 is 25.8 Å². The predicted octanol–water partition coefficient (Wildman–Crippen LogP) is 2.42. The van der Waals surface area contributed by atoms with Crippen molar-refractivity contribution >= 4 is 25.8 Å². The number of ketones is 1. The van der Waals surface area contributed by atoms with E-state index >= 15 is 0 Å². The molecule has 3 aromatic rings. The number of aryl methyl sites for hydroxylation is 1. The molecule has 2 heterocycles. The summed E-state index contributed by atoms with van der Waals surface area (Å²) in [7, 11) is -7.91. The monoisotopic (exact) mass is 430 g/mol. The molecule has 2 aromatic carbocycles. The standard InChI is InChI=1S/C20H18N2O5S2/c1-15-7-9-17(10-8-15)28(24,25)21-13-19-18(20(23)14-21)11-12-22(19)29(26,27)16-5-3-2-4-6-16/h2-12H,13-14H2,1H3. The van der Waals surface area contributed by atoms with Crippen molar-refractivity contribution in [2.75, 3.05) is 6.54 Å². The third-order valence-corrected chi connectivity index (χ3v) is 8.39. The highest BCUT2D eigenvalue weighted by molar-refractivity contribution is 7.90. The first kappa shape index (κ1) is 19.6. The molecule has 0 radical (unpaired) electrons. The van der Waals surface area contributed by atoms with Gasteiger partial charge in [-0.2, -0.15) is 4.31 Å². The number of benzene rings is 2. The molecule has 150 valence electrons. The van der Waals surface area contributed by atoms with Gasteiger partial charge in [0.05, 0.1) is 28.6 Å². The van der Waals surface area contributed by atoms with Gasteiger partial charge in [-0.15, -0.1) is 0 Å². The summed E-state index contributed by atoms with van der Waals surface area (Å²) >= 11 is 0. The first-order valence-corrected chi connectivity index (χ1v) is 11.7. The minimum Gasteiger partial charge on any atom is -0.293 e. The van der Waals surface area contributed by atoms with E-state index in [1.807, 2.05) is 6.92 Å². The number of carbonyl (C=O) groups excluding carboxylic acids is 1. The zero-order valence-electron chi connectivity index (χ0n) is 15.5. The molecule has 29 heavy (non-hydrogen) atoms. The van der Waals surface area contributed by atoms with Gasteiger partial charge < -0.3 is 0 Å². The van der Waals surface area contributed by atoms with Gasteiger partial charge in [0.15, 0.2) is 5.78 Å². The van der Waals surface area contributed by atoms with E-state index in [4.69, 9.17) is 0 Å². The van der Waals surface area contributed by atoms with Crippen molar-refractivity contribution < 1.29 is 21.6 Å². The van der Waals surface area contributed by atoms with Gasteiger partial charge in [0, 0.05) is 11.8 Å². The molecule has 0 unspecified atom stereocenters. The normalized spacial score (nSPS) is 15.3. The highest BCUT2D eigenvalue weighted by Gasteiger charge is 2.36. The maximum Gasteiger partial charge on any atom is 0.267 e. The summed E-state index contributed by atoms with van der Waals surface area (Å²) in [6.07, 6.45) is 1.30. The van der Waals surface area contributed by atoms with Crippen LogP contribution >= 0.6 is 0 Å². The van der Waals surface area contributed by atoms with E-state index in [1.54, 1.807) is 30.3 Å². The fraction of sp³-hybridized carbons (Fsp3) is 0.150.